The lowest BCUT2D eigenvalue weighted by Crippen LogP contribution is -2.30. The van der Waals surface area contributed by atoms with E-state index in [4.69, 9.17) is 9.84 Å². The minimum atomic E-state index is -0.952. The Hall–Kier alpha value is -3.68. The van der Waals surface area contributed by atoms with E-state index in [0.717, 1.165) is 0 Å². The monoisotopic (exact) mass is 441 g/mol. The standard InChI is InChI=1S/C24H24FNO6/c1-32-18-11-9-15(10-12-18)22(29)20-21(16-6-5-7-17(25)14-16)26(24(31)23(20)30)13-4-2-3-8-19(27)28/h5-7,9-12,14,21,29H,2-4,8,13H2,1H3,(H,27,28)/b22-20+. The van der Waals surface area contributed by atoms with E-state index in [1.54, 1.807) is 30.3 Å². The number of carbonyl (C=O) groups is 3. The first-order valence-corrected chi connectivity index (χ1v) is 10.2. The number of aliphatic carboxylic acids is 1. The molecule has 0 aliphatic carbocycles. The molecule has 0 saturated carbocycles. The number of rotatable bonds is 9. The van der Waals surface area contributed by atoms with Gasteiger partial charge in [-0.05, 0) is 54.8 Å². The maximum atomic E-state index is 14.0. The number of carboxylic acid groups (broad SMARTS) is 1. The molecule has 0 aromatic heterocycles. The summed E-state index contributed by atoms with van der Waals surface area (Å²) in [6, 6.07) is 11.0. The number of aliphatic hydroxyl groups excluding tert-OH is 1. The average molecular weight is 441 g/mol. The molecule has 2 N–H and O–H groups in total. The number of nitrogens with zero attached hydrogens (tertiary/aromatic N) is 1. The number of likely N-dealkylation sites (tertiary alicyclic amines) is 1. The zero-order valence-corrected chi connectivity index (χ0v) is 17.6. The summed E-state index contributed by atoms with van der Waals surface area (Å²) in [6.07, 6.45) is 1.47. The average Bonchev–Trinajstić information content (AvgIpc) is 3.03. The van der Waals surface area contributed by atoms with Crippen LogP contribution < -0.4 is 4.74 Å². The molecule has 1 fully saturated rings. The molecule has 1 heterocycles. The van der Waals surface area contributed by atoms with Crippen LogP contribution in [0.1, 0.15) is 42.9 Å². The summed E-state index contributed by atoms with van der Waals surface area (Å²) in [7, 11) is 1.50. The maximum Gasteiger partial charge on any atom is 0.303 e. The fourth-order valence-electron chi connectivity index (χ4n) is 3.77. The third kappa shape index (κ3) is 4.96. The van der Waals surface area contributed by atoms with E-state index in [1.165, 1.54) is 30.2 Å². The van der Waals surface area contributed by atoms with Crippen molar-refractivity contribution in [1.29, 1.82) is 0 Å². The first-order chi connectivity index (χ1) is 15.3. The number of carbonyl (C=O) groups excluding carboxylic acids is 2. The van der Waals surface area contributed by atoms with E-state index in [1.807, 2.05) is 0 Å². The van der Waals surface area contributed by atoms with Crippen molar-refractivity contribution < 1.29 is 33.7 Å². The van der Waals surface area contributed by atoms with Crippen LogP contribution in [-0.4, -0.2) is 46.4 Å². The Morgan fingerprint density at radius 3 is 2.41 bits per heavy atom. The summed E-state index contributed by atoms with van der Waals surface area (Å²) >= 11 is 0. The van der Waals surface area contributed by atoms with E-state index < -0.39 is 29.5 Å². The molecule has 8 heteroatoms. The Bertz CT molecular complexity index is 1050. The number of hydrogen-bond acceptors (Lipinski definition) is 5. The second-order valence-electron chi connectivity index (χ2n) is 7.48. The van der Waals surface area contributed by atoms with Gasteiger partial charge in [-0.1, -0.05) is 18.6 Å². The number of hydrogen-bond donors (Lipinski definition) is 2. The van der Waals surface area contributed by atoms with Crippen LogP contribution in [0.15, 0.2) is 54.1 Å². The third-order valence-electron chi connectivity index (χ3n) is 5.36. The van der Waals surface area contributed by atoms with Crippen molar-refractivity contribution in [3.8, 4) is 5.75 Å². The Morgan fingerprint density at radius 2 is 1.78 bits per heavy atom. The largest absolute Gasteiger partial charge is 0.507 e. The van der Waals surface area contributed by atoms with Gasteiger partial charge in [-0.15, -0.1) is 0 Å². The van der Waals surface area contributed by atoms with E-state index in [9.17, 15) is 23.9 Å². The van der Waals surface area contributed by atoms with Gasteiger partial charge in [-0.2, -0.15) is 0 Å². The second kappa shape index (κ2) is 10.1. The smallest absolute Gasteiger partial charge is 0.303 e. The highest BCUT2D eigenvalue weighted by Crippen LogP contribution is 2.39. The van der Waals surface area contributed by atoms with Crippen molar-refractivity contribution >= 4 is 23.4 Å². The van der Waals surface area contributed by atoms with Crippen LogP contribution in [0.25, 0.3) is 5.76 Å². The van der Waals surface area contributed by atoms with Crippen molar-refractivity contribution in [2.24, 2.45) is 0 Å². The van der Waals surface area contributed by atoms with Crippen molar-refractivity contribution in [1.82, 2.24) is 4.90 Å². The van der Waals surface area contributed by atoms with Crippen LogP contribution in [0.3, 0.4) is 0 Å². The quantitative estimate of drug-likeness (QED) is 0.265. The van der Waals surface area contributed by atoms with E-state index in [0.29, 0.717) is 36.1 Å². The second-order valence-corrected chi connectivity index (χ2v) is 7.48. The topological polar surface area (TPSA) is 104 Å². The number of unbranched alkanes of at least 4 members (excludes halogenated alkanes) is 2. The number of benzene rings is 2. The van der Waals surface area contributed by atoms with Gasteiger partial charge in [0, 0.05) is 18.5 Å². The van der Waals surface area contributed by atoms with Gasteiger partial charge in [0.2, 0.25) is 0 Å². The Labute approximate surface area is 184 Å². The van der Waals surface area contributed by atoms with Crippen LogP contribution in [-0.2, 0) is 14.4 Å². The number of halogens is 1. The maximum absolute atomic E-state index is 14.0. The lowest BCUT2D eigenvalue weighted by molar-refractivity contribution is -0.140. The first kappa shape index (κ1) is 23.0. The highest BCUT2D eigenvalue weighted by atomic mass is 19.1. The van der Waals surface area contributed by atoms with Crippen LogP contribution in [0.5, 0.6) is 5.75 Å². The highest BCUT2D eigenvalue weighted by Gasteiger charge is 2.45. The summed E-state index contributed by atoms with van der Waals surface area (Å²) in [5.41, 5.74) is 0.577. The fourth-order valence-corrected chi connectivity index (χ4v) is 3.77. The number of Topliss-reactive ketones (excluding diaryl/α,β-unsaturated/α-hetero) is 1. The zero-order chi connectivity index (χ0) is 23.3. The van der Waals surface area contributed by atoms with Gasteiger partial charge < -0.3 is 19.8 Å². The lowest BCUT2D eigenvalue weighted by Gasteiger charge is -2.25. The molecule has 1 unspecified atom stereocenters. The van der Waals surface area contributed by atoms with Gasteiger partial charge in [0.25, 0.3) is 11.7 Å². The molecule has 168 valence electrons. The Morgan fingerprint density at radius 1 is 1.06 bits per heavy atom. The number of aliphatic hydroxyl groups is 1. The van der Waals surface area contributed by atoms with Gasteiger partial charge in [-0.25, -0.2) is 4.39 Å². The molecule has 1 aliphatic heterocycles. The number of ether oxygens (including phenoxy) is 1. The summed E-state index contributed by atoms with van der Waals surface area (Å²) in [6.45, 7) is 0.171. The fraction of sp³-hybridized carbons (Fsp3) is 0.292. The lowest BCUT2D eigenvalue weighted by atomic mass is 9.95. The Kier molecular flexibility index (Phi) is 7.25. The normalized spacial score (nSPS) is 17.6. The SMILES string of the molecule is COc1ccc(/C(O)=C2\C(=O)C(=O)N(CCCCCC(=O)O)C2c2cccc(F)c2)cc1. The predicted molar refractivity (Wildman–Crippen MR) is 115 cm³/mol. The molecular weight excluding hydrogens is 417 g/mol. The summed E-state index contributed by atoms with van der Waals surface area (Å²) < 4.78 is 19.1. The minimum absolute atomic E-state index is 0.0175. The van der Waals surface area contributed by atoms with Crippen LogP contribution in [0.4, 0.5) is 4.39 Å². The molecule has 32 heavy (non-hydrogen) atoms. The molecule has 1 amide bonds. The molecule has 1 atom stereocenters. The van der Waals surface area contributed by atoms with Gasteiger partial charge in [0.1, 0.15) is 17.3 Å². The Balaban J connectivity index is 1.97. The third-order valence-corrected chi connectivity index (χ3v) is 5.36. The van der Waals surface area contributed by atoms with Crippen molar-refractivity contribution in [3.63, 3.8) is 0 Å². The number of amides is 1. The predicted octanol–water partition coefficient (Wildman–Crippen LogP) is 3.90. The first-order valence-electron chi connectivity index (χ1n) is 10.2. The van der Waals surface area contributed by atoms with Crippen molar-refractivity contribution in [2.75, 3.05) is 13.7 Å². The number of carboxylic acids is 1. The molecule has 0 bridgehead atoms. The molecule has 0 radical (unpaired) electrons. The van der Waals surface area contributed by atoms with Crippen molar-refractivity contribution in [2.45, 2.75) is 31.7 Å². The van der Waals surface area contributed by atoms with Gasteiger partial charge >= 0.3 is 5.97 Å². The van der Waals surface area contributed by atoms with Crippen LogP contribution in [0, 0.1) is 5.82 Å². The van der Waals surface area contributed by atoms with E-state index in [2.05, 4.69) is 0 Å². The number of methoxy groups -OCH3 is 1. The molecule has 1 aliphatic rings. The summed E-state index contributed by atoms with van der Waals surface area (Å²) in [5, 5.41) is 19.7. The molecular formula is C24H24FNO6. The summed E-state index contributed by atoms with van der Waals surface area (Å²) in [4.78, 5) is 37.7. The minimum Gasteiger partial charge on any atom is -0.507 e. The number of ketones is 1. The molecule has 3 rings (SSSR count). The zero-order valence-electron chi connectivity index (χ0n) is 17.6. The van der Waals surface area contributed by atoms with E-state index >= 15 is 0 Å². The molecule has 1 saturated heterocycles. The van der Waals surface area contributed by atoms with Gasteiger partial charge in [0.15, 0.2) is 0 Å². The summed E-state index contributed by atoms with van der Waals surface area (Å²) in [5.74, 6) is -2.85. The van der Waals surface area contributed by atoms with Gasteiger partial charge in [0.05, 0.1) is 18.7 Å². The van der Waals surface area contributed by atoms with Crippen molar-refractivity contribution in [3.05, 3.63) is 71.0 Å². The molecule has 7 nitrogen and oxygen atoms in total. The van der Waals surface area contributed by atoms with Crippen LogP contribution in [0.2, 0.25) is 0 Å². The van der Waals surface area contributed by atoms with Crippen LogP contribution >= 0.6 is 0 Å². The van der Waals surface area contributed by atoms with Gasteiger partial charge in [-0.3, -0.25) is 14.4 Å². The molecule has 2 aromatic rings. The molecule has 2 aromatic carbocycles. The highest BCUT2D eigenvalue weighted by molar-refractivity contribution is 6.46. The molecule has 0 spiro atoms. The van der Waals surface area contributed by atoms with E-state index in [-0.39, 0.29) is 24.3 Å².